The summed E-state index contributed by atoms with van der Waals surface area (Å²) in [5.41, 5.74) is 2.26. The van der Waals surface area contributed by atoms with Crippen molar-refractivity contribution in [2.24, 2.45) is 0 Å². The van der Waals surface area contributed by atoms with Gasteiger partial charge in [-0.3, -0.25) is 0 Å². The fraction of sp³-hybridized carbons (Fsp3) is 0.538. The SMILES string of the molecule is COc1cc(CC(C)O)cc(Br)c1C(C)C. The van der Waals surface area contributed by atoms with Gasteiger partial charge in [-0.1, -0.05) is 29.8 Å². The van der Waals surface area contributed by atoms with E-state index in [4.69, 9.17) is 4.74 Å². The Labute approximate surface area is 106 Å². The van der Waals surface area contributed by atoms with Gasteiger partial charge in [0.25, 0.3) is 0 Å². The maximum Gasteiger partial charge on any atom is 0.123 e. The molecule has 0 fully saturated rings. The van der Waals surface area contributed by atoms with Gasteiger partial charge in [0, 0.05) is 10.0 Å². The van der Waals surface area contributed by atoms with Gasteiger partial charge >= 0.3 is 0 Å². The molecule has 0 spiro atoms. The molecule has 1 N–H and O–H groups in total. The first-order valence-electron chi connectivity index (χ1n) is 5.50. The van der Waals surface area contributed by atoms with Crippen LogP contribution < -0.4 is 4.74 Å². The fourth-order valence-electron chi connectivity index (χ4n) is 1.83. The van der Waals surface area contributed by atoms with Gasteiger partial charge in [0.1, 0.15) is 5.75 Å². The van der Waals surface area contributed by atoms with Crippen LogP contribution in [0.25, 0.3) is 0 Å². The molecule has 16 heavy (non-hydrogen) atoms. The smallest absolute Gasteiger partial charge is 0.123 e. The van der Waals surface area contributed by atoms with E-state index in [1.165, 1.54) is 5.56 Å². The van der Waals surface area contributed by atoms with E-state index in [9.17, 15) is 5.11 Å². The van der Waals surface area contributed by atoms with Crippen molar-refractivity contribution in [3.8, 4) is 5.75 Å². The molecule has 1 aromatic rings. The van der Waals surface area contributed by atoms with Crippen LogP contribution in [-0.2, 0) is 6.42 Å². The summed E-state index contributed by atoms with van der Waals surface area (Å²) in [6.45, 7) is 6.06. The van der Waals surface area contributed by atoms with Crippen LogP contribution in [0.5, 0.6) is 5.75 Å². The maximum absolute atomic E-state index is 9.38. The van der Waals surface area contributed by atoms with Gasteiger partial charge in [0.05, 0.1) is 13.2 Å². The van der Waals surface area contributed by atoms with Gasteiger partial charge in [0.2, 0.25) is 0 Å². The molecule has 0 saturated carbocycles. The predicted molar refractivity (Wildman–Crippen MR) is 70.2 cm³/mol. The molecule has 1 rings (SSSR count). The van der Waals surface area contributed by atoms with E-state index in [0.29, 0.717) is 12.3 Å². The van der Waals surface area contributed by atoms with Crippen LogP contribution in [0.4, 0.5) is 0 Å². The highest BCUT2D eigenvalue weighted by Gasteiger charge is 2.13. The van der Waals surface area contributed by atoms with E-state index >= 15 is 0 Å². The van der Waals surface area contributed by atoms with E-state index in [0.717, 1.165) is 15.8 Å². The third-order valence-corrected chi connectivity index (χ3v) is 3.14. The second-order valence-electron chi connectivity index (χ2n) is 4.40. The molecule has 2 nitrogen and oxygen atoms in total. The second kappa shape index (κ2) is 5.69. The Morgan fingerprint density at radius 2 is 1.94 bits per heavy atom. The van der Waals surface area contributed by atoms with Crippen molar-refractivity contribution < 1.29 is 9.84 Å². The van der Waals surface area contributed by atoms with Crippen LogP contribution >= 0.6 is 15.9 Å². The number of methoxy groups -OCH3 is 1. The number of ether oxygens (including phenoxy) is 1. The molecule has 0 bridgehead atoms. The Hall–Kier alpha value is -0.540. The van der Waals surface area contributed by atoms with Crippen LogP contribution in [0.3, 0.4) is 0 Å². The number of aliphatic hydroxyl groups is 1. The molecule has 0 aliphatic heterocycles. The molecule has 0 aromatic heterocycles. The lowest BCUT2D eigenvalue weighted by molar-refractivity contribution is 0.195. The molecular weight excluding hydrogens is 268 g/mol. The second-order valence-corrected chi connectivity index (χ2v) is 5.26. The van der Waals surface area contributed by atoms with E-state index < -0.39 is 0 Å². The van der Waals surface area contributed by atoms with Crippen LogP contribution in [0.15, 0.2) is 16.6 Å². The van der Waals surface area contributed by atoms with Crippen LogP contribution in [0.2, 0.25) is 0 Å². The van der Waals surface area contributed by atoms with Gasteiger partial charge in [-0.25, -0.2) is 0 Å². The molecular formula is C13H19BrO2. The van der Waals surface area contributed by atoms with Crippen molar-refractivity contribution in [3.05, 3.63) is 27.7 Å². The Balaban J connectivity index is 3.16. The maximum atomic E-state index is 9.38. The zero-order valence-corrected chi connectivity index (χ0v) is 11.8. The molecule has 0 saturated heterocycles. The zero-order chi connectivity index (χ0) is 12.3. The third kappa shape index (κ3) is 3.22. The third-order valence-electron chi connectivity index (χ3n) is 2.48. The number of halogens is 1. The van der Waals surface area contributed by atoms with Gasteiger partial charge in [-0.15, -0.1) is 0 Å². The lowest BCUT2D eigenvalue weighted by Crippen LogP contribution is -2.05. The highest BCUT2D eigenvalue weighted by molar-refractivity contribution is 9.10. The van der Waals surface area contributed by atoms with Gasteiger partial charge in [-0.2, -0.15) is 0 Å². The molecule has 3 heteroatoms. The predicted octanol–water partition coefficient (Wildman–Crippen LogP) is 3.50. The van der Waals surface area contributed by atoms with Crippen molar-refractivity contribution in [1.82, 2.24) is 0 Å². The quantitative estimate of drug-likeness (QED) is 0.918. The van der Waals surface area contributed by atoms with Crippen molar-refractivity contribution in [2.75, 3.05) is 7.11 Å². The summed E-state index contributed by atoms with van der Waals surface area (Å²) in [7, 11) is 1.68. The Bertz CT molecular complexity index is 359. The number of aliphatic hydroxyl groups excluding tert-OH is 1. The van der Waals surface area contributed by atoms with E-state index in [2.05, 4.69) is 35.8 Å². The summed E-state index contributed by atoms with van der Waals surface area (Å²) in [4.78, 5) is 0. The zero-order valence-electron chi connectivity index (χ0n) is 10.2. The van der Waals surface area contributed by atoms with E-state index in [1.807, 2.05) is 6.07 Å². The van der Waals surface area contributed by atoms with Gasteiger partial charge in [-0.05, 0) is 37.0 Å². The molecule has 1 unspecified atom stereocenters. The molecule has 0 aliphatic carbocycles. The first-order valence-corrected chi connectivity index (χ1v) is 6.29. The minimum absolute atomic E-state index is 0.332. The molecule has 1 aromatic carbocycles. The van der Waals surface area contributed by atoms with Crippen molar-refractivity contribution in [2.45, 2.75) is 39.2 Å². The Morgan fingerprint density at radius 3 is 2.38 bits per heavy atom. The van der Waals surface area contributed by atoms with E-state index in [1.54, 1.807) is 14.0 Å². The number of hydrogen-bond acceptors (Lipinski definition) is 2. The first-order chi connectivity index (χ1) is 7.45. The lowest BCUT2D eigenvalue weighted by Gasteiger charge is -2.16. The molecule has 1 atom stereocenters. The topological polar surface area (TPSA) is 29.5 Å². The minimum Gasteiger partial charge on any atom is -0.496 e. The molecule has 0 radical (unpaired) electrons. The van der Waals surface area contributed by atoms with Gasteiger partial charge < -0.3 is 9.84 Å². The summed E-state index contributed by atoms with van der Waals surface area (Å²) in [6.07, 6.45) is 0.314. The molecule has 0 heterocycles. The summed E-state index contributed by atoms with van der Waals surface area (Å²) < 4.78 is 6.45. The van der Waals surface area contributed by atoms with Crippen molar-refractivity contribution in [1.29, 1.82) is 0 Å². The lowest BCUT2D eigenvalue weighted by atomic mass is 9.98. The average Bonchev–Trinajstić information content (AvgIpc) is 2.14. The van der Waals surface area contributed by atoms with Crippen LogP contribution in [-0.4, -0.2) is 18.3 Å². The number of benzene rings is 1. The van der Waals surface area contributed by atoms with Crippen LogP contribution in [0.1, 0.15) is 37.8 Å². The molecule has 90 valence electrons. The van der Waals surface area contributed by atoms with E-state index in [-0.39, 0.29) is 6.10 Å². The average molecular weight is 287 g/mol. The minimum atomic E-state index is -0.332. The van der Waals surface area contributed by atoms with Gasteiger partial charge in [0.15, 0.2) is 0 Å². The highest BCUT2D eigenvalue weighted by Crippen LogP contribution is 2.35. The van der Waals surface area contributed by atoms with Crippen molar-refractivity contribution in [3.63, 3.8) is 0 Å². The normalized spacial score (nSPS) is 12.9. The summed E-state index contributed by atoms with van der Waals surface area (Å²) in [5, 5.41) is 9.38. The highest BCUT2D eigenvalue weighted by atomic mass is 79.9. The molecule has 0 aliphatic rings. The standard InChI is InChI=1S/C13H19BrO2/c1-8(2)13-11(14)6-10(5-9(3)15)7-12(13)16-4/h6-9,15H,5H2,1-4H3. The molecule has 0 amide bonds. The Morgan fingerprint density at radius 1 is 1.31 bits per heavy atom. The monoisotopic (exact) mass is 286 g/mol. The summed E-state index contributed by atoms with van der Waals surface area (Å²) >= 11 is 3.57. The summed E-state index contributed by atoms with van der Waals surface area (Å²) in [5.74, 6) is 1.30. The largest absolute Gasteiger partial charge is 0.496 e. The van der Waals surface area contributed by atoms with Crippen molar-refractivity contribution >= 4 is 15.9 Å². The van der Waals surface area contributed by atoms with Crippen LogP contribution in [0, 0.1) is 0 Å². The fourth-order valence-corrected chi connectivity index (χ4v) is 2.78. The number of hydrogen-bond donors (Lipinski definition) is 1. The Kier molecular flexibility index (Phi) is 4.81. The number of rotatable bonds is 4. The first kappa shape index (κ1) is 13.5. The summed E-state index contributed by atoms with van der Waals surface area (Å²) in [6, 6.07) is 4.07.